The fourth-order valence-corrected chi connectivity index (χ4v) is 1.63. The van der Waals surface area contributed by atoms with Crippen LogP contribution in [-0.2, 0) is 0 Å². The number of halogens is 2. The third kappa shape index (κ3) is 12.4. The number of hydrogen-bond acceptors (Lipinski definition) is 1. The first-order valence-corrected chi connectivity index (χ1v) is 6.92. The van der Waals surface area contributed by atoms with Gasteiger partial charge in [0.1, 0.15) is 0 Å². The summed E-state index contributed by atoms with van der Waals surface area (Å²) >= 11 is 0. The number of unbranched alkanes of at least 4 members (excludes halogenated alkanes) is 3. The van der Waals surface area contributed by atoms with Crippen LogP contribution in [0.25, 0.3) is 0 Å². The van der Waals surface area contributed by atoms with Crippen LogP contribution in [0.4, 0.5) is 4.39 Å². The largest absolute Gasteiger partial charge is 0.357 e. The first kappa shape index (κ1) is 21.0. The fraction of sp³-hybridized carbons (Fsp3) is 0.786. The smallest absolute Gasteiger partial charge is 0.193 e. The number of alkyl halides is 1. The van der Waals surface area contributed by atoms with Gasteiger partial charge in [-0.2, -0.15) is 0 Å². The highest BCUT2D eigenvalue weighted by atomic mass is 127. The van der Waals surface area contributed by atoms with Gasteiger partial charge in [0.15, 0.2) is 5.96 Å². The third-order valence-electron chi connectivity index (χ3n) is 2.65. The predicted octanol–water partition coefficient (Wildman–Crippen LogP) is 3.61. The van der Waals surface area contributed by atoms with Crippen molar-refractivity contribution in [3.8, 4) is 0 Å². The van der Waals surface area contributed by atoms with Crippen molar-refractivity contribution in [2.24, 2.45) is 4.99 Å². The summed E-state index contributed by atoms with van der Waals surface area (Å²) in [5.74, 6) is 0.884. The number of guanidine groups is 1. The topological polar surface area (TPSA) is 27.6 Å². The molecule has 0 aromatic carbocycles. The minimum absolute atomic E-state index is 0. The summed E-state index contributed by atoms with van der Waals surface area (Å²) in [5.41, 5.74) is 0. The van der Waals surface area contributed by atoms with Crippen LogP contribution < -0.4 is 5.32 Å². The van der Waals surface area contributed by atoms with E-state index < -0.39 is 0 Å². The lowest BCUT2D eigenvalue weighted by molar-refractivity contribution is 0.450. The molecule has 0 fully saturated rings. The lowest BCUT2D eigenvalue weighted by Gasteiger charge is -2.21. The molecular weight excluding hydrogens is 356 g/mol. The molecular formula is C14H29FIN3. The minimum atomic E-state index is -0.297. The van der Waals surface area contributed by atoms with Gasteiger partial charge < -0.3 is 10.2 Å². The van der Waals surface area contributed by atoms with E-state index in [0.29, 0.717) is 13.0 Å². The Morgan fingerprint density at radius 3 is 2.63 bits per heavy atom. The zero-order valence-electron chi connectivity index (χ0n) is 12.3. The normalized spacial score (nSPS) is 10.8. The van der Waals surface area contributed by atoms with Crippen molar-refractivity contribution in [3.05, 3.63) is 12.7 Å². The van der Waals surface area contributed by atoms with Crippen molar-refractivity contribution >= 4 is 29.9 Å². The van der Waals surface area contributed by atoms with Gasteiger partial charge in [0.05, 0.1) is 6.67 Å². The highest BCUT2D eigenvalue weighted by Crippen LogP contribution is 2.01. The molecule has 0 spiro atoms. The second kappa shape index (κ2) is 15.7. The summed E-state index contributed by atoms with van der Waals surface area (Å²) in [6.45, 7) is 7.85. The molecule has 0 aliphatic carbocycles. The Kier molecular flexibility index (Phi) is 17.4. The van der Waals surface area contributed by atoms with E-state index in [0.717, 1.165) is 31.9 Å². The average Bonchev–Trinajstić information content (AvgIpc) is 2.37. The van der Waals surface area contributed by atoms with Crippen molar-refractivity contribution in [1.29, 1.82) is 0 Å². The van der Waals surface area contributed by atoms with Crippen molar-refractivity contribution in [2.45, 2.75) is 39.0 Å². The van der Waals surface area contributed by atoms with E-state index in [4.69, 9.17) is 0 Å². The van der Waals surface area contributed by atoms with Crippen LogP contribution in [0.15, 0.2) is 17.6 Å². The molecule has 0 radical (unpaired) electrons. The summed E-state index contributed by atoms with van der Waals surface area (Å²) in [6, 6.07) is 0. The van der Waals surface area contributed by atoms with Crippen molar-refractivity contribution in [3.63, 3.8) is 0 Å². The van der Waals surface area contributed by atoms with E-state index >= 15 is 0 Å². The average molecular weight is 385 g/mol. The number of nitrogens with one attached hydrogen (secondary N) is 1. The lowest BCUT2D eigenvalue weighted by Crippen LogP contribution is -2.39. The molecule has 0 amide bonds. The first-order valence-electron chi connectivity index (χ1n) is 6.92. The van der Waals surface area contributed by atoms with Crippen LogP contribution >= 0.6 is 24.0 Å². The second-order valence-corrected chi connectivity index (χ2v) is 4.34. The van der Waals surface area contributed by atoms with Gasteiger partial charge in [0.2, 0.25) is 0 Å². The molecule has 1 N–H and O–H groups in total. The molecule has 0 saturated carbocycles. The molecule has 0 atom stereocenters. The van der Waals surface area contributed by atoms with E-state index in [-0.39, 0.29) is 30.7 Å². The third-order valence-corrected chi connectivity index (χ3v) is 2.65. The Morgan fingerprint density at radius 2 is 2.05 bits per heavy atom. The molecule has 114 valence electrons. The molecule has 0 aliphatic rings. The Balaban J connectivity index is 0. The van der Waals surface area contributed by atoms with Crippen LogP contribution in [0.5, 0.6) is 0 Å². The van der Waals surface area contributed by atoms with E-state index in [1.54, 1.807) is 0 Å². The van der Waals surface area contributed by atoms with Crippen molar-refractivity contribution in [2.75, 3.05) is 33.4 Å². The van der Waals surface area contributed by atoms with Gasteiger partial charge in [-0.15, -0.1) is 30.6 Å². The van der Waals surface area contributed by atoms with Crippen LogP contribution in [0, 0.1) is 0 Å². The van der Waals surface area contributed by atoms with Crippen molar-refractivity contribution in [1.82, 2.24) is 10.2 Å². The van der Waals surface area contributed by atoms with Crippen LogP contribution in [0.1, 0.15) is 39.0 Å². The summed E-state index contributed by atoms with van der Waals surface area (Å²) < 4.78 is 12.0. The number of allylic oxidation sites excluding steroid dienone is 1. The number of nitrogens with zero attached hydrogens (tertiary/aromatic N) is 2. The maximum Gasteiger partial charge on any atom is 0.193 e. The van der Waals surface area contributed by atoms with Gasteiger partial charge in [-0.05, 0) is 32.6 Å². The first-order chi connectivity index (χ1) is 8.76. The number of aliphatic imine (C=N–C) groups is 1. The summed E-state index contributed by atoms with van der Waals surface area (Å²) in [7, 11) is 2.03. The Morgan fingerprint density at radius 1 is 1.32 bits per heavy atom. The summed E-state index contributed by atoms with van der Waals surface area (Å²) in [5, 5.41) is 3.23. The van der Waals surface area contributed by atoms with Crippen LogP contribution in [-0.4, -0.2) is 44.2 Å². The summed E-state index contributed by atoms with van der Waals surface area (Å²) in [6.07, 6.45) is 7.12. The zero-order valence-corrected chi connectivity index (χ0v) is 14.7. The molecule has 0 aromatic rings. The highest BCUT2D eigenvalue weighted by molar-refractivity contribution is 14.0. The van der Waals surface area contributed by atoms with Gasteiger partial charge in [-0.3, -0.25) is 9.38 Å². The van der Waals surface area contributed by atoms with Crippen molar-refractivity contribution < 1.29 is 4.39 Å². The van der Waals surface area contributed by atoms with E-state index in [9.17, 15) is 4.39 Å². The van der Waals surface area contributed by atoms with Gasteiger partial charge in [-0.25, -0.2) is 0 Å². The summed E-state index contributed by atoms with van der Waals surface area (Å²) in [4.78, 5) is 6.51. The van der Waals surface area contributed by atoms with Crippen LogP contribution in [0.2, 0.25) is 0 Å². The van der Waals surface area contributed by atoms with Gasteiger partial charge in [0, 0.05) is 26.7 Å². The SMILES string of the molecule is C=CCCCCCN(C)C(=NCCCF)NCC.I. The van der Waals surface area contributed by atoms with E-state index in [1.165, 1.54) is 12.8 Å². The molecule has 5 heteroatoms. The van der Waals surface area contributed by atoms with Gasteiger partial charge in [0.25, 0.3) is 0 Å². The molecule has 0 unspecified atom stereocenters. The zero-order chi connectivity index (χ0) is 13.6. The molecule has 0 heterocycles. The van der Waals surface area contributed by atoms with Gasteiger partial charge in [-0.1, -0.05) is 12.5 Å². The maximum absolute atomic E-state index is 12.0. The van der Waals surface area contributed by atoms with E-state index in [1.807, 2.05) is 20.0 Å². The molecule has 0 bridgehead atoms. The molecule has 0 saturated heterocycles. The molecule has 0 rings (SSSR count). The maximum atomic E-state index is 12.0. The monoisotopic (exact) mass is 385 g/mol. The highest BCUT2D eigenvalue weighted by Gasteiger charge is 2.04. The lowest BCUT2D eigenvalue weighted by atomic mass is 10.2. The quantitative estimate of drug-likeness (QED) is 0.205. The second-order valence-electron chi connectivity index (χ2n) is 4.34. The van der Waals surface area contributed by atoms with Gasteiger partial charge >= 0.3 is 0 Å². The Hall–Kier alpha value is -0.330. The fourth-order valence-electron chi connectivity index (χ4n) is 1.63. The predicted molar refractivity (Wildman–Crippen MR) is 93.3 cm³/mol. The molecule has 0 aliphatic heterocycles. The molecule has 3 nitrogen and oxygen atoms in total. The molecule has 19 heavy (non-hydrogen) atoms. The molecule has 0 aromatic heterocycles. The standard InChI is InChI=1S/C14H28FN3.HI/c1-4-6-7-8-9-13-18(3)14(16-5-2)17-12-10-11-15;/h4H,1,5-13H2,2-3H3,(H,16,17);1H. The number of hydrogen-bond donors (Lipinski definition) is 1. The Labute approximate surface area is 134 Å². The van der Waals surface area contributed by atoms with Crippen LogP contribution in [0.3, 0.4) is 0 Å². The Bertz CT molecular complexity index is 235. The number of rotatable bonds is 10. The van der Waals surface area contributed by atoms with E-state index in [2.05, 4.69) is 21.8 Å². The minimum Gasteiger partial charge on any atom is -0.357 e.